The summed E-state index contributed by atoms with van der Waals surface area (Å²) in [7, 11) is 0. The van der Waals surface area contributed by atoms with Crippen LogP contribution in [0.2, 0.25) is 0 Å². The lowest BCUT2D eigenvalue weighted by atomic mass is 9.67. The highest BCUT2D eigenvalue weighted by Crippen LogP contribution is 2.57. The number of anilines is 6. The van der Waals surface area contributed by atoms with Gasteiger partial charge in [-0.1, -0.05) is 303 Å². The van der Waals surface area contributed by atoms with Gasteiger partial charge in [0.15, 0.2) is 0 Å². The monoisotopic (exact) mass is 1160 g/mol. The van der Waals surface area contributed by atoms with Crippen molar-refractivity contribution in [3.05, 3.63) is 386 Å². The third-order valence-corrected chi connectivity index (χ3v) is 18.9. The molecule has 17 rings (SSSR count). The van der Waals surface area contributed by atoms with E-state index >= 15 is 0 Å². The van der Waals surface area contributed by atoms with E-state index in [4.69, 9.17) is 0 Å². The van der Waals surface area contributed by atoms with Crippen molar-refractivity contribution in [1.29, 1.82) is 0 Å². The summed E-state index contributed by atoms with van der Waals surface area (Å²) in [5.41, 5.74) is 25.2. The Hall–Kier alpha value is -11.8. The van der Waals surface area contributed by atoms with Gasteiger partial charge in [-0.25, -0.2) is 0 Å². The van der Waals surface area contributed by atoms with Gasteiger partial charge in [0.1, 0.15) is 0 Å². The second-order valence-electron chi connectivity index (χ2n) is 23.9. The summed E-state index contributed by atoms with van der Waals surface area (Å²) in [6.45, 7) is 0. The summed E-state index contributed by atoms with van der Waals surface area (Å²) < 4.78 is 0. The average Bonchev–Trinajstić information content (AvgIpc) is 1.27. The van der Waals surface area contributed by atoms with Gasteiger partial charge in [-0.05, 0) is 171 Å². The fraction of sp³-hybridized carbons (Fsp3) is 0.0112. The molecule has 2 heteroatoms. The van der Waals surface area contributed by atoms with Crippen LogP contribution in [0.4, 0.5) is 34.1 Å². The number of rotatable bonds is 13. The first-order valence-corrected chi connectivity index (χ1v) is 31.5. The fourth-order valence-corrected chi connectivity index (χ4v) is 14.9. The summed E-state index contributed by atoms with van der Waals surface area (Å²) in [6.07, 6.45) is 0. The van der Waals surface area contributed by atoms with Crippen molar-refractivity contribution in [2.75, 3.05) is 9.80 Å². The predicted octanol–water partition coefficient (Wildman–Crippen LogP) is 24.2. The van der Waals surface area contributed by atoms with Crippen LogP contribution in [0, 0.1) is 0 Å². The van der Waals surface area contributed by atoms with Crippen LogP contribution in [0.25, 0.3) is 99.1 Å². The number of nitrogens with zero attached hydrogens (tertiary/aromatic N) is 2. The van der Waals surface area contributed by atoms with E-state index < -0.39 is 5.41 Å². The minimum absolute atomic E-state index is 0.579. The van der Waals surface area contributed by atoms with Crippen molar-refractivity contribution in [3.8, 4) is 66.8 Å². The van der Waals surface area contributed by atoms with E-state index in [0.717, 1.165) is 50.8 Å². The highest BCUT2D eigenvalue weighted by atomic mass is 15.2. The van der Waals surface area contributed by atoms with E-state index in [1.165, 1.54) is 105 Å². The molecule has 0 N–H and O–H groups in total. The van der Waals surface area contributed by atoms with E-state index in [-0.39, 0.29) is 0 Å². The minimum atomic E-state index is -0.579. The first kappa shape index (κ1) is 53.4. The van der Waals surface area contributed by atoms with Crippen molar-refractivity contribution >= 4 is 66.4 Å². The standard InChI is InChI=1S/C89H60N2/c1-5-25-61(26-6-1)66-31-21-37-71(57-66)90(73-39-23-33-68(59-73)76-42-14-16-44-78(76)77-43-15-13-41-75(77)63-29-9-3-10-30-63)85-55-51-64-50-54-82-86(56-52-65-49-53-81(85)87(64)88(65)82)91(72-38-22-32-67(58-72)62-27-7-2-8-28-62)74-40-24-36-70(60-74)89(69-34-11-4-12-35-69)83-47-19-17-45-79(83)80-46-18-20-48-84(80)89/h1-60H. The first-order chi connectivity index (χ1) is 45.2. The Labute approximate surface area is 531 Å². The third kappa shape index (κ3) is 9.02. The van der Waals surface area contributed by atoms with Gasteiger partial charge in [0.05, 0.1) is 16.8 Å². The molecule has 426 valence electrons. The Balaban J connectivity index is 0.874. The summed E-state index contributed by atoms with van der Waals surface area (Å²) in [4.78, 5) is 5.00. The van der Waals surface area contributed by atoms with Crippen LogP contribution in [0.3, 0.4) is 0 Å². The van der Waals surface area contributed by atoms with Crippen LogP contribution < -0.4 is 9.80 Å². The molecule has 0 unspecified atom stereocenters. The molecule has 2 nitrogen and oxygen atoms in total. The maximum atomic E-state index is 2.51. The number of hydrogen-bond donors (Lipinski definition) is 0. The SMILES string of the molecule is c1ccc(-c2cccc(N(c3cccc(-c4ccccc4-c4ccccc4-c4ccccc4)c3)c3ccc4ccc5c(N(c6cccc(-c7ccccc7)c6)c6cccc(C7(c8ccccc8)c8ccccc8-c8ccccc87)c6)ccc6ccc3c4c65)c2)cc1. The van der Waals surface area contributed by atoms with Crippen LogP contribution in [-0.2, 0) is 5.41 Å². The Bertz CT molecular complexity index is 5320. The van der Waals surface area contributed by atoms with Crippen LogP contribution in [0.1, 0.15) is 22.3 Å². The van der Waals surface area contributed by atoms with Crippen LogP contribution in [0.15, 0.2) is 364 Å². The zero-order valence-electron chi connectivity index (χ0n) is 50.0. The van der Waals surface area contributed by atoms with Crippen LogP contribution >= 0.6 is 0 Å². The molecule has 1 aliphatic rings. The van der Waals surface area contributed by atoms with E-state index in [0.29, 0.717) is 0 Å². The molecular weight excluding hydrogens is 1100 g/mol. The number of hydrogen-bond acceptors (Lipinski definition) is 2. The lowest BCUT2D eigenvalue weighted by Gasteiger charge is -2.35. The van der Waals surface area contributed by atoms with Gasteiger partial charge in [-0.15, -0.1) is 0 Å². The van der Waals surface area contributed by atoms with Crippen LogP contribution in [-0.4, -0.2) is 0 Å². The third-order valence-electron chi connectivity index (χ3n) is 18.9. The zero-order valence-corrected chi connectivity index (χ0v) is 50.0. The molecule has 0 heterocycles. The molecule has 0 fully saturated rings. The van der Waals surface area contributed by atoms with Crippen molar-refractivity contribution in [2.24, 2.45) is 0 Å². The Morgan fingerprint density at radius 1 is 0.198 bits per heavy atom. The molecule has 0 aromatic heterocycles. The van der Waals surface area contributed by atoms with E-state index in [1.807, 2.05) is 0 Å². The van der Waals surface area contributed by atoms with Crippen molar-refractivity contribution in [1.82, 2.24) is 0 Å². The highest BCUT2D eigenvalue weighted by Gasteiger charge is 2.46. The molecule has 0 bridgehead atoms. The van der Waals surface area contributed by atoms with Crippen molar-refractivity contribution < 1.29 is 0 Å². The molecule has 1 aliphatic carbocycles. The molecule has 16 aromatic rings. The number of fused-ring (bicyclic) bond motifs is 3. The summed E-state index contributed by atoms with van der Waals surface area (Å²) in [5, 5.41) is 7.18. The molecule has 0 radical (unpaired) electrons. The Kier molecular flexibility index (Phi) is 13.1. The highest BCUT2D eigenvalue weighted by molar-refractivity contribution is 6.28. The molecule has 0 atom stereocenters. The minimum Gasteiger partial charge on any atom is -0.310 e. The van der Waals surface area contributed by atoms with E-state index in [1.54, 1.807) is 0 Å². The maximum Gasteiger partial charge on any atom is 0.0714 e. The van der Waals surface area contributed by atoms with Gasteiger partial charge in [0.25, 0.3) is 0 Å². The molecule has 16 aromatic carbocycles. The van der Waals surface area contributed by atoms with Gasteiger partial charge in [-0.2, -0.15) is 0 Å². The number of benzene rings is 16. The summed E-state index contributed by atoms with van der Waals surface area (Å²) >= 11 is 0. The van der Waals surface area contributed by atoms with Crippen LogP contribution in [0.5, 0.6) is 0 Å². The van der Waals surface area contributed by atoms with Gasteiger partial charge in [0.2, 0.25) is 0 Å². The van der Waals surface area contributed by atoms with Gasteiger partial charge < -0.3 is 9.80 Å². The first-order valence-electron chi connectivity index (χ1n) is 31.5. The van der Waals surface area contributed by atoms with Crippen molar-refractivity contribution in [3.63, 3.8) is 0 Å². The molecular formula is C89H60N2. The zero-order chi connectivity index (χ0) is 60.2. The van der Waals surface area contributed by atoms with Gasteiger partial charge in [-0.3, -0.25) is 0 Å². The second-order valence-corrected chi connectivity index (χ2v) is 23.9. The smallest absolute Gasteiger partial charge is 0.0714 e. The fourth-order valence-electron chi connectivity index (χ4n) is 14.9. The molecule has 91 heavy (non-hydrogen) atoms. The summed E-state index contributed by atoms with van der Waals surface area (Å²) in [6, 6.07) is 135. The topological polar surface area (TPSA) is 6.48 Å². The van der Waals surface area contributed by atoms with E-state index in [9.17, 15) is 0 Å². The Morgan fingerprint density at radius 3 is 1.01 bits per heavy atom. The normalized spacial score (nSPS) is 12.3. The van der Waals surface area contributed by atoms with Gasteiger partial charge >= 0.3 is 0 Å². The average molecular weight is 1160 g/mol. The quantitative estimate of drug-likeness (QED) is 0.106. The lowest BCUT2D eigenvalue weighted by Crippen LogP contribution is -2.28. The molecule has 0 amide bonds. The van der Waals surface area contributed by atoms with Crippen molar-refractivity contribution in [2.45, 2.75) is 5.41 Å². The summed E-state index contributed by atoms with van der Waals surface area (Å²) in [5.74, 6) is 0. The predicted molar refractivity (Wildman–Crippen MR) is 384 cm³/mol. The second kappa shape index (κ2) is 22.4. The maximum absolute atomic E-state index is 2.51. The molecule has 0 saturated heterocycles. The molecule has 0 saturated carbocycles. The lowest BCUT2D eigenvalue weighted by molar-refractivity contribution is 0.768. The van der Waals surface area contributed by atoms with E-state index in [2.05, 4.69) is 374 Å². The Morgan fingerprint density at radius 2 is 0.527 bits per heavy atom. The van der Waals surface area contributed by atoms with Gasteiger partial charge in [0, 0.05) is 33.5 Å². The largest absolute Gasteiger partial charge is 0.310 e. The molecule has 0 spiro atoms. The molecule has 0 aliphatic heterocycles.